The predicted octanol–water partition coefficient (Wildman–Crippen LogP) is 2.37. The molecule has 1 rings (SSSR count). The van der Waals surface area contributed by atoms with Gasteiger partial charge in [-0.05, 0) is 50.2 Å². The molecule has 0 amide bonds. The topological polar surface area (TPSA) is 41.3 Å². The summed E-state index contributed by atoms with van der Waals surface area (Å²) in [4.78, 5) is 2.33. The van der Waals surface area contributed by atoms with Crippen LogP contribution in [0.15, 0.2) is 18.2 Å². The largest absolute Gasteiger partial charge is 0.304 e. The third kappa shape index (κ3) is 4.05. The summed E-state index contributed by atoms with van der Waals surface area (Å²) in [6.07, 6.45) is 0.876. The Morgan fingerprint density at radius 3 is 2.50 bits per heavy atom. The summed E-state index contributed by atoms with van der Waals surface area (Å²) in [5.41, 5.74) is 4.35. The summed E-state index contributed by atoms with van der Waals surface area (Å²) in [5.74, 6) is 5.40. The average molecular weight is 253 g/mol. The third-order valence-electron chi connectivity index (χ3n) is 3.43. The Bertz CT molecular complexity index is 364. The van der Waals surface area contributed by atoms with Gasteiger partial charge in [0.2, 0.25) is 0 Å². The Kier molecular flexibility index (Phi) is 6.25. The summed E-state index contributed by atoms with van der Waals surface area (Å²) in [5, 5.41) is 0. The second-order valence-electron chi connectivity index (χ2n) is 4.54. The van der Waals surface area contributed by atoms with E-state index in [0.717, 1.165) is 31.6 Å². The molecule has 0 aliphatic heterocycles. The molecule has 18 heavy (non-hydrogen) atoms. The van der Waals surface area contributed by atoms with Gasteiger partial charge in [0, 0.05) is 6.04 Å². The first-order chi connectivity index (χ1) is 8.62. The molecule has 0 aromatic heterocycles. The second-order valence-corrected chi connectivity index (χ2v) is 4.54. The minimum atomic E-state index is -0.171. The molecule has 1 aromatic carbocycles. The van der Waals surface area contributed by atoms with Crippen molar-refractivity contribution in [3.8, 4) is 0 Å². The lowest BCUT2D eigenvalue weighted by Crippen LogP contribution is -2.32. The normalized spacial score (nSPS) is 13.0. The van der Waals surface area contributed by atoms with Crippen LogP contribution in [0.3, 0.4) is 0 Å². The van der Waals surface area contributed by atoms with Crippen molar-refractivity contribution in [2.75, 3.05) is 19.6 Å². The van der Waals surface area contributed by atoms with Gasteiger partial charge in [0.15, 0.2) is 0 Å². The Hall–Kier alpha value is -0.970. The number of hydrogen-bond donors (Lipinski definition) is 2. The van der Waals surface area contributed by atoms with Gasteiger partial charge in [-0.3, -0.25) is 11.3 Å². The van der Waals surface area contributed by atoms with Crippen LogP contribution in [0.1, 0.15) is 37.4 Å². The number of nitrogens with two attached hydrogens (primary N) is 1. The molecule has 0 heterocycles. The molecule has 0 aliphatic rings. The highest BCUT2D eigenvalue weighted by Gasteiger charge is 2.12. The van der Waals surface area contributed by atoms with Crippen LogP contribution in [0.5, 0.6) is 0 Å². The summed E-state index contributed by atoms with van der Waals surface area (Å²) < 4.78 is 13.5. The van der Waals surface area contributed by atoms with Gasteiger partial charge in [0.05, 0.1) is 0 Å². The number of aryl methyl sites for hydroxylation is 1. The van der Waals surface area contributed by atoms with Crippen molar-refractivity contribution < 1.29 is 4.39 Å². The first kappa shape index (κ1) is 15.1. The standard InChI is InChI=1S/C14H24FN3/c1-4-18(5-2)9-8-14(17-16)12-7-6-11(3)13(15)10-12/h6-7,10,14,17H,4-5,8-9,16H2,1-3H3. The van der Waals surface area contributed by atoms with Gasteiger partial charge < -0.3 is 4.90 Å². The summed E-state index contributed by atoms with van der Waals surface area (Å²) in [7, 11) is 0. The molecule has 4 heteroatoms. The van der Waals surface area contributed by atoms with E-state index in [1.54, 1.807) is 19.1 Å². The Morgan fingerprint density at radius 2 is 2.00 bits per heavy atom. The maximum atomic E-state index is 13.5. The lowest BCUT2D eigenvalue weighted by molar-refractivity contribution is 0.282. The minimum Gasteiger partial charge on any atom is -0.304 e. The van der Waals surface area contributed by atoms with Crippen molar-refractivity contribution in [2.45, 2.75) is 33.2 Å². The van der Waals surface area contributed by atoms with E-state index in [4.69, 9.17) is 5.84 Å². The maximum Gasteiger partial charge on any atom is 0.126 e. The Balaban J connectivity index is 2.67. The van der Waals surface area contributed by atoms with Crippen molar-refractivity contribution >= 4 is 0 Å². The van der Waals surface area contributed by atoms with E-state index in [9.17, 15) is 4.39 Å². The van der Waals surface area contributed by atoms with Crippen molar-refractivity contribution in [1.29, 1.82) is 0 Å². The molecule has 3 nitrogen and oxygen atoms in total. The lowest BCUT2D eigenvalue weighted by atomic mass is 10.0. The highest BCUT2D eigenvalue weighted by atomic mass is 19.1. The first-order valence-corrected chi connectivity index (χ1v) is 6.56. The number of nitrogens with zero attached hydrogens (tertiary/aromatic N) is 1. The predicted molar refractivity (Wildman–Crippen MR) is 73.6 cm³/mol. The molecule has 0 radical (unpaired) electrons. The molecule has 0 spiro atoms. The molecule has 1 atom stereocenters. The molecule has 102 valence electrons. The zero-order chi connectivity index (χ0) is 13.5. The van der Waals surface area contributed by atoms with E-state index in [2.05, 4.69) is 24.2 Å². The quantitative estimate of drug-likeness (QED) is 0.579. The third-order valence-corrected chi connectivity index (χ3v) is 3.43. The van der Waals surface area contributed by atoms with Crippen LogP contribution < -0.4 is 11.3 Å². The number of hydrazine groups is 1. The fraction of sp³-hybridized carbons (Fsp3) is 0.571. The van der Waals surface area contributed by atoms with Gasteiger partial charge in [-0.25, -0.2) is 4.39 Å². The number of benzene rings is 1. The number of hydrogen-bond acceptors (Lipinski definition) is 3. The summed E-state index contributed by atoms with van der Waals surface area (Å²) >= 11 is 0. The fourth-order valence-corrected chi connectivity index (χ4v) is 2.02. The number of halogens is 1. The molecule has 0 bridgehead atoms. The molecular formula is C14H24FN3. The van der Waals surface area contributed by atoms with E-state index in [0.29, 0.717) is 5.56 Å². The minimum absolute atomic E-state index is 0.000648. The average Bonchev–Trinajstić information content (AvgIpc) is 2.38. The van der Waals surface area contributed by atoms with E-state index < -0.39 is 0 Å². The molecule has 0 saturated heterocycles. The van der Waals surface area contributed by atoms with Crippen molar-refractivity contribution in [1.82, 2.24) is 10.3 Å². The zero-order valence-corrected chi connectivity index (χ0v) is 11.5. The fourth-order valence-electron chi connectivity index (χ4n) is 2.02. The van der Waals surface area contributed by atoms with Gasteiger partial charge in [-0.1, -0.05) is 26.0 Å². The van der Waals surface area contributed by atoms with Crippen molar-refractivity contribution in [3.05, 3.63) is 35.1 Å². The Labute approximate surface area is 109 Å². The SMILES string of the molecule is CCN(CC)CCC(NN)c1ccc(C)c(F)c1. The van der Waals surface area contributed by atoms with Crippen LogP contribution in [-0.2, 0) is 0 Å². The molecule has 0 saturated carbocycles. The van der Waals surface area contributed by atoms with Crippen molar-refractivity contribution in [2.24, 2.45) is 5.84 Å². The first-order valence-electron chi connectivity index (χ1n) is 6.56. The van der Waals surface area contributed by atoms with Crippen LogP contribution in [0.2, 0.25) is 0 Å². The molecule has 0 fully saturated rings. The van der Waals surface area contributed by atoms with Gasteiger partial charge in [-0.2, -0.15) is 0 Å². The summed E-state index contributed by atoms with van der Waals surface area (Å²) in [6.45, 7) is 9.04. The zero-order valence-electron chi connectivity index (χ0n) is 11.5. The van der Waals surface area contributed by atoms with E-state index in [-0.39, 0.29) is 11.9 Å². The van der Waals surface area contributed by atoms with E-state index in [1.165, 1.54) is 0 Å². The monoisotopic (exact) mass is 253 g/mol. The molecule has 3 N–H and O–H groups in total. The second kappa shape index (κ2) is 7.46. The van der Waals surface area contributed by atoms with Gasteiger partial charge in [-0.15, -0.1) is 0 Å². The van der Waals surface area contributed by atoms with Crippen LogP contribution in [-0.4, -0.2) is 24.5 Å². The van der Waals surface area contributed by atoms with Crippen LogP contribution in [0, 0.1) is 12.7 Å². The smallest absolute Gasteiger partial charge is 0.126 e. The highest BCUT2D eigenvalue weighted by molar-refractivity contribution is 5.25. The van der Waals surface area contributed by atoms with Gasteiger partial charge in [0.1, 0.15) is 5.82 Å². The summed E-state index contributed by atoms with van der Waals surface area (Å²) in [6, 6.07) is 5.31. The molecule has 0 aliphatic carbocycles. The van der Waals surface area contributed by atoms with Crippen LogP contribution in [0.25, 0.3) is 0 Å². The molecular weight excluding hydrogens is 229 g/mol. The van der Waals surface area contributed by atoms with Crippen LogP contribution in [0.4, 0.5) is 4.39 Å². The molecule has 1 unspecified atom stereocenters. The molecule has 1 aromatic rings. The van der Waals surface area contributed by atoms with Crippen molar-refractivity contribution in [3.63, 3.8) is 0 Å². The number of rotatable bonds is 7. The van der Waals surface area contributed by atoms with Gasteiger partial charge in [0.25, 0.3) is 0 Å². The van der Waals surface area contributed by atoms with E-state index in [1.807, 2.05) is 6.07 Å². The number of nitrogens with one attached hydrogen (secondary N) is 1. The van der Waals surface area contributed by atoms with E-state index >= 15 is 0 Å². The Morgan fingerprint density at radius 1 is 1.33 bits per heavy atom. The van der Waals surface area contributed by atoms with Crippen LogP contribution >= 0.6 is 0 Å². The maximum absolute atomic E-state index is 13.5. The lowest BCUT2D eigenvalue weighted by Gasteiger charge is -2.22. The van der Waals surface area contributed by atoms with Gasteiger partial charge >= 0.3 is 0 Å². The highest BCUT2D eigenvalue weighted by Crippen LogP contribution is 2.19.